The molecule has 262 valence electrons. The normalized spacial score (nSPS) is 11.6. The smallest absolute Gasteiger partial charge is 0.164 e. The van der Waals surface area contributed by atoms with Gasteiger partial charge < -0.3 is 0 Å². The third-order valence-electron chi connectivity index (χ3n) is 10.6. The van der Waals surface area contributed by atoms with Gasteiger partial charge in [-0.2, -0.15) is 0 Å². The van der Waals surface area contributed by atoms with Crippen molar-refractivity contribution < 1.29 is 0 Å². The van der Waals surface area contributed by atoms with E-state index in [1.54, 1.807) is 11.3 Å². The Balaban J connectivity index is 1.04. The third-order valence-corrected chi connectivity index (χ3v) is 12.8. The van der Waals surface area contributed by atoms with Gasteiger partial charge >= 0.3 is 0 Å². The fourth-order valence-electron chi connectivity index (χ4n) is 7.76. The minimum Gasteiger partial charge on any atom is -0.208 e. The number of thiophene rings is 2. The van der Waals surface area contributed by atoms with Crippen LogP contribution in [0.2, 0.25) is 0 Å². The molecule has 0 atom stereocenters. The van der Waals surface area contributed by atoms with E-state index in [2.05, 4.69) is 170 Å². The molecule has 0 radical (unpaired) electrons. The van der Waals surface area contributed by atoms with E-state index < -0.39 is 0 Å². The molecule has 5 heteroatoms. The van der Waals surface area contributed by atoms with E-state index in [4.69, 9.17) is 15.0 Å². The zero-order valence-electron chi connectivity index (χ0n) is 30.1. The van der Waals surface area contributed by atoms with E-state index in [0.29, 0.717) is 17.5 Å². The largest absolute Gasteiger partial charge is 0.208 e. The molecule has 0 aliphatic rings. The highest BCUT2D eigenvalue weighted by molar-refractivity contribution is 7.26. The molecule has 3 nitrogen and oxygen atoms in total. The van der Waals surface area contributed by atoms with Crippen LogP contribution in [-0.4, -0.2) is 15.0 Å². The van der Waals surface area contributed by atoms with E-state index in [9.17, 15) is 0 Å². The van der Waals surface area contributed by atoms with Gasteiger partial charge in [-0.15, -0.1) is 22.7 Å². The highest BCUT2D eigenvalue weighted by atomic mass is 32.1. The molecule has 0 N–H and O–H groups in total. The van der Waals surface area contributed by atoms with Crippen LogP contribution in [0.1, 0.15) is 0 Å². The second kappa shape index (κ2) is 13.5. The minimum atomic E-state index is 0.647. The lowest BCUT2D eigenvalue weighted by Crippen LogP contribution is -2.00. The summed E-state index contributed by atoms with van der Waals surface area (Å²) >= 11 is 3.65. The van der Waals surface area contributed by atoms with Crippen molar-refractivity contribution in [3.05, 3.63) is 188 Å². The molecule has 0 saturated heterocycles. The van der Waals surface area contributed by atoms with Crippen molar-refractivity contribution in [1.82, 2.24) is 15.0 Å². The summed E-state index contributed by atoms with van der Waals surface area (Å²) < 4.78 is 5.04. The number of nitrogens with zero attached hydrogens (tertiary/aromatic N) is 3. The quantitative estimate of drug-likeness (QED) is 0.170. The molecule has 0 unspecified atom stereocenters. The maximum absolute atomic E-state index is 5.26. The predicted molar refractivity (Wildman–Crippen MR) is 238 cm³/mol. The van der Waals surface area contributed by atoms with Crippen LogP contribution < -0.4 is 0 Å². The van der Waals surface area contributed by atoms with Gasteiger partial charge in [0.1, 0.15) is 0 Å². The fraction of sp³-hybridized carbons (Fsp3) is 0. The van der Waals surface area contributed by atoms with Gasteiger partial charge in [0.2, 0.25) is 0 Å². The third kappa shape index (κ3) is 5.77. The van der Waals surface area contributed by atoms with E-state index in [1.165, 1.54) is 62.8 Å². The average molecular weight is 750 g/mol. The summed E-state index contributed by atoms with van der Waals surface area (Å²) in [5.74, 6) is 1.96. The molecule has 11 aromatic rings. The molecular formula is C51H31N3S2. The fourth-order valence-corrected chi connectivity index (χ4v) is 9.96. The highest BCUT2D eigenvalue weighted by Gasteiger charge is 2.18. The Morgan fingerprint density at radius 2 is 0.732 bits per heavy atom. The number of hydrogen-bond donors (Lipinski definition) is 0. The summed E-state index contributed by atoms with van der Waals surface area (Å²) in [6.07, 6.45) is 0. The topological polar surface area (TPSA) is 38.7 Å². The summed E-state index contributed by atoms with van der Waals surface area (Å²) in [4.78, 5) is 15.5. The van der Waals surface area contributed by atoms with Gasteiger partial charge in [0, 0.05) is 57.0 Å². The molecule has 0 aliphatic heterocycles. The second-order valence-corrected chi connectivity index (χ2v) is 16.2. The molecule has 11 rings (SSSR count). The van der Waals surface area contributed by atoms with Gasteiger partial charge in [-0.3, -0.25) is 0 Å². The number of aromatic nitrogens is 3. The first-order valence-electron chi connectivity index (χ1n) is 18.7. The van der Waals surface area contributed by atoms with Gasteiger partial charge in [0.05, 0.1) is 0 Å². The standard InChI is InChI=1S/C51H31N3S2/c1-3-11-32(12-4-1)33-21-23-34(24-22-33)37-25-28-46-43(31-37)48-41(18-10-20-47(48)56-46)51-53-49(35-13-5-2-6-14-35)52-50(54-51)39-16-9-15-36(29-39)38-26-27-45-42(30-38)40-17-7-8-19-44(40)55-45/h1-31H. The monoisotopic (exact) mass is 749 g/mol. The highest BCUT2D eigenvalue weighted by Crippen LogP contribution is 2.42. The van der Waals surface area contributed by atoms with Crippen molar-refractivity contribution in [2.75, 3.05) is 0 Å². The van der Waals surface area contributed by atoms with Crippen molar-refractivity contribution in [3.8, 4) is 67.5 Å². The minimum absolute atomic E-state index is 0.647. The molecule has 0 aliphatic carbocycles. The van der Waals surface area contributed by atoms with Crippen molar-refractivity contribution in [3.63, 3.8) is 0 Å². The van der Waals surface area contributed by atoms with Crippen molar-refractivity contribution >= 4 is 63.0 Å². The van der Waals surface area contributed by atoms with Crippen LogP contribution in [0.25, 0.3) is 108 Å². The molecule has 0 bridgehead atoms. The summed E-state index contributed by atoms with van der Waals surface area (Å²) in [5, 5.41) is 4.94. The molecule has 0 amide bonds. The summed E-state index contributed by atoms with van der Waals surface area (Å²) in [5.41, 5.74) is 9.97. The van der Waals surface area contributed by atoms with Crippen molar-refractivity contribution in [2.24, 2.45) is 0 Å². The van der Waals surface area contributed by atoms with Gasteiger partial charge in [-0.1, -0.05) is 146 Å². The number of hydrogen-bond acceptors (Lipinski definition) is 5. The lowest BCUT2D eigenvalue weighted by Gasteiger charge is -2.11. The summed E-state index contributed by atoms with van der Waals surface area (Å²) in [6.45, 7) is 0. The average Bonchev–Trinajstić information content (AvgIpc) is 3.85. The van der Waals surface area contributed by atoms with Gasteiger partial charge in [-0.25, -0.2) is 15.0 Å². The van der Waals surface area contributed by atoms with Crippen LogP contribution >= 0.6 is 22.7 Å². The molecule has 0 fully saturated rings. The molecule has 8 aromatic carbocycles. The number of benzene rings is 8. The first-order chi connectivity index (χ1) is 27.7. The van der Waals surface area contributed by atoms with Crippen LogP contribution in [0.4, 0.5) is 0 Å². The zero-order chi connectivity index (χ0) is 37.0. The van der Waals surface area contributed by atoms with Crippen LogP contribution in [-0.2, 0) is 0 Å². The molecule has 0 spiro atoms. The van der Waals surface area contributed by atoms with E-state index in [-0.39, 0.29) is 0 Å². The lowest BCUT2D eigenvalue weighted by atomic mass is 9.98. The van der Waals surface area contributed by atoms with Crippen LogP contribution in [0.5, 0.6) is 0 Å². The molecule has 3 heterocycles. The first-order valence-corrected chi connectivity index (χ1v) is 20.3. The van der Waals surface area contributed by atoms with Crippen LogP contribution in [0.15, 0.2) is 188 Å². The second-order valence-electron chi connectivity index (χ2n) is 14.0. The van der Waals surface area contributed by atoms with Crippen molar-refractivity contribution in [2.45, 2.75) is 0 Å². The van der Waals surface area contributed by atoms with E-state index >= 15 is 0 Å². The maximum atomic E-state index is 5.26. The Hall–Kier alpha value is -6.79. The molecular weight excluding hydrogens is 719 g/mol. The van der Waals surface area contributed by atoms with Gasteiger partial charge in [0.25, 0.3) is 0 Å². The maximum Gasteiger partial charge on any atom is 0.164 e. The van der Waals surface area contributed by atoms with Crippen molar-refractivity contribution in [1.29, 1.82) is 0 Å². The Morgan fingerprint density at radius 3 is 1.52 bits per heavy atom. The zero-order valence-corrected chi connectivity index (χ0v) is 31.7. The Labute approximate surface area is 331 Å². The SMILES string of the molecule is c1ccc(-c2ccc(-c3ccc4sc5cccc(-c6nc(-c7ccccc7)nc(-c7cccc(-c8ccc9sc%10ccccc%10c9c8)c7)n6)c5c4c3)cc2)cc1. The number of rotatable bonds is 6. The summed E-state index contributed by atoms with van der Waals surface area (Å²) in [7, 11) is 0. The van der Waals surface area contributed by atoms with E-state index in [0.717, 1.165) is 27.6 Å². The Bertz CT molecular complexity index is 3240. The molecule has 56 heavy (non-hydrogen) atoms. The lowest BCUT2D eigenvalue weighted by molar-refractivity contribution is 1.08. The predicted octanol–water partition coefficient (Wildman–Crippen LogP) is 14.6. The molecule has 3 aromatic heterocycles. The Morgan fingerprint density at radius 1 is 0.268 bits per heavy atom. The van der Waals surface area contributed by atoms with Gasteiger partial charge in [-0.05, 0) is 75.8 Å². The van der Waals surface area contributed by atoms with Crippen LogP contribution in [0.3, 0.4) is 0 Å². The summed E-state index contributed by atoms with van der Waals surface area (Å²) in [6, 6.07) is 66.9. The van der Waals surface area contributed by atoms with Crippen LogP contribution in [0, 0.1) is 0 Å². The van der Waals surface area contributed by atoms with Gasteiger partial charge in [0.15, 0.2) is 17.5 Å². The number of fused-ring (bicyclic) bond motifs is 6. The molecule has 0 saturated carbocycles. The van der Waals surface area contributed by atoms with E-state index in [1.807, 2.05) is 29.5 Å². The Kier molecular flexibility index (Phi) is 7.87. The first kappa shape index (κ1) is 32.6.